The van der Waals surface area contributed by atoms with Gasteiger partial charge in [0.25, 0.3) is 5.91 Å². The van der Waals surface area contributed by atoms with Crippen LogP contribution in [0.15, 0.2) is 71.8 Å². The fraction of sp³-hybridized carbons (Fsp3) is 0.231. The Morgan fingerprint density at radius 1 is 0.919 bits per heavy atom. The lowest BCUT2D eigenvalue weighted by molar-refractivity contribution is -0.119. The molecule has 0 fully saturated rings. The summed E-state index contributed by atoms with van der Waals surface area (Å²) in [7, 11) is 0.554. The zero-order valence-electron chi connectivity index (χ0n) is 21.0. The van der Waals surface area contributed by atoms with Crippen molar-refractivity contribution in [1.29, 1.82) is 0 Å². The Morgan fingerprint density at radius 3 is 2.27 bits per heavy atom. The predicted octanol–water partition coefficient (Wildman–Crippen LogP) is 3.21. The highest BCUT2D eigenvalue weighted by Crippen LogP contribution is 2.33. The first-order chi connectivity index (χ1) is 17.7. The number of nitrogens with one attached hydrogen (secondary N) is 1. The zero-order valence-corrected chi connectivity index (χ0v) is 21.8. The van der Waals surface area contributed by atoms with Crippen LogP contribution in [0.3, 0.4) is 0 Å². The first-order valence-electron chi connectivity index (χ1n) is 11.1. The molecule has 0 aromatic heterocycles. The van der Waals surface area contributed by atoms with Crippen molar-refractivity contribution in [2.75, 3.05) is 38.4 Å². The lowest BCUT2D eigenvalue weighted by atomic mass is 10.2. The maximum atomic E-state index is 12.6. The monoisotopic (exact) mass is 527 g/mol. The Balaban J connectivity index is 1.68. The van der Waals surface area contributed by atoms with Crippen LogP contribution in [0, 0.1) is 0 Å². The van der Waals surface area contributed by atoms with Gasteiger partial charge in [0.1, 0.15) is 24.7 Å². The Labute approximate surface area is 216 Å². The summed E-state index contributed by atoms with van der Waals surface area (Å²) < 4.78 is 47.5. The van der Waals surface area contributed by atoms with E-state index in [1.807, 2.05) is 30.3 Å². The molecule has 10 nitrogen and oxygen atoms in total. The van der Waals surface area contributed by atoms with Crippen LogP contribution in [0.5, 0.6) is 23.0 Å². The van der Waals surface area contributed by atoms with Crippen LogP contribution in [-0.4, -0.2) is 54.7 Å². The topological polar surface area (TPSA) is 116 Å². The van der Waals surface area contributed by atoms with Gasteiger partial charge in [-0.3, -0.25) is 9.10 Å². The van der Waals surface area contributed by atoms with E-state index in [2.05, 4.69) is 10.5 Å². The lowest BCUT2D eigenvalue weighted by Crippen LogP contribution is -2.39. The van der Waals surface area contributed by atoms with Crippen molar-refractivity contribution < 1.29 is 32.2 Å². The minimum Gasteiger partial charge on any atom is -0.497 e. The molecule has 1 amide bonds. The molecule has 0 saturated carbocycles. The number of sulfonamides is 1. The van der Waals surface area contributed by atoms with E-state index in [4.69, 9.17) is 18.9 Å². The van der Waals surface area contributed by atoms with Crippen molar-refractivity contribution in [1.82, 2.24) is 5.43 Å². The molecule has 37 heavy (non-hydrogen) atoms. The summed E-state index contributed by atoms with van der Waals surface area (Å²) in [6, 6.07) is 19.6. The molecule has 3 aromatic carbocycles. The summed E-state index contributed by atoms with van der Waals surface area (Å²) in [5.74, 6) is 1.08. The van der Waals surface area contributed by atoms with Gasteiger partial charge in [0.15, 0.2) is 11.5 Å². The predicted molar refractivity (Wildman–Crippen MR) is 141 cm³/mol. The van der Waals surface area contributed by atoms with Crippen molar-refractivity contribution >= 4 is 27.8 Å². The molecule has 0 spiro atoms. The van der Waals surface area contributed by atoms with Gasteiger partial charge in [-0.25, -0.2) is 13.8 Å². The summed E-state index contributed by atoms with van der Waals surface area (Å²) >= 11 is 0. The number of ether oxygens (including phenoxy) is 4. The number of rotatable bonds is 12. The molecular formula is C26H29N3O7S. The normalized spacial score (nSPS) is 11.1. The third-order valence-electron chi connectivity index (χ3n) is 5.17. The second kappa shape index (κ2) is 12.6. The van der Waals surface area contributed by atoms with Crippen LogP contribution >= 0.6 is 0 Å². The van der Waals surface area contributed by atoms with Crippen molar-refractivity contribution in [3.05, 3.63) is 77.9 Å². The van der Waals surface area contributed by atoms with Crippen LogP contribution < -0.4 is 28.7 Å². The molecule has 3 aromatic rings. The number of hydrazone groups is 1. The third-order valence-corrected chi connectivity index (χ3v) is 6.30. The molecule has 0 bridgehead atoms. The number of anilines is 1. The quantitative estimate of drug-likeness (QED) is 0.284. The van der Waals surface area contributed by atoms with Gasteiger partial charge in [-0.2, -0.15) is 5.10 Å². The van der Waals surface area contributed by atoms with E-state index in [1.54, 1.807) is 30.3 Å². The van der Waals surface area contributed by atoms with Crippen molar-refractivity contribution in [3.8, 4) is 23.0 Å². The van der Waals surface area contributed by atoms with Crippen molar-refractivity contribution in [3.63, 3.8) is 0 Å². The largest absolute Gasteiger partial charge is 0.497 e. The minimum atomic E-state index is -3.83. The zero-order chi connectivity index (χ0) is 26.8. The van der Waals surface area contributed by atoms with Crippen molar-refractivity contribution in [2.45, 2.75) is 6.61 Å². The van der Waals surface area contributed by atoms with Gasteiger partial charge >= 0.3 is 0 Å². The molecular weight excluding hydrogens is 498 g/mol. The van der Waals surface area contributed by atoms with Gasteiger partial charge in [-0.1, -0.05) is 30.3 Å². The summed E-state index contributed by atoms with van der Waals surface area (Å²) in [5, 5.41) is 3.95. The molecule has 0 aliphatic rings. The Hall–Kier alpha value is -4.25. The van der Waals surface area contributed by atoms with Gasteiger partial charge in [0.05, 0.1) is 39.5 Å². The number of benzene rings is 3. The van der Waals surface area contributed by atoms with E-state index in [0.29, 0.717) is 29.4 Å². The van der Waals surface area contributed by atoms with E-state index in [-0.39, 0.29) is 11.4 Å². The Kier molecular flexibility index (Phi) is 9.33. The van der Waals surface area contributed by atoms with Gasteiger partial charge < -0.3 is 18.9 Å². The highest BCUT2D eigenvalue weighted by Gasteiger charge is 2.24. The summed E-state index contributed by atoms with van der Waals surface area (Å²) in [5.41, 5.74) is 4.17. The van der Waals surface area contributed by atoms with Gasteiger partial charge in [-0.05, 0) is 41.5 Å². The second-order valence-corrected chi connectivity index (χ2v) is 9.69. The van der Waals surface area contributed by atoms with Crippen LogP contribution in [0.2, 0.25) is 0 Å². The maximum Gasteiger partial charge on any atom is 0.260 e. The smallest absolute Gasteiger partial charge is 0.260 e. The first kappa shape index (κ1) is 27.3. The maximum absolute atomic E-state index is 12.6. The molecule has 196 valence electrons. The highest BCUT2D eigenvalue weighted by atomic mass is 32.2. The average Bonchev–Trinajstić information content (AvgIpc) is 2.90. The fourth-order valence-electron chi connectivity index (χ4n) is 3.34. The second-order valence-electron chi connectivity index (χ2n) is 7.79. The summed E-state index contributed by atoms with van der Waals surface area (Å²) in [6.45, 7) is -0.134. The standard InChI is InChI=1S/C26H29N3O7S/c1-33-21-11-13-23(34-2)22(15-21)29(37(4,31)32)17-26(30)28-27-16-20-10-12-24(25(14-20)35-3)36-18-19-8-6-5-7-9-19/h5-16H,17-18H2,1-4H3,(H,28,30)/b27-16-. The molecule has 0 atom stereocenters. The number of hydrogen-bond donors (Lipinski definition) is 1. The van der Waals surface area contributed by atoms with Crippen LogP contribution in [0.1, 0.15) is 11.1 Å². The van der Waals surface area contributed by atoms with E-state index < -0.39 is 22.5 Å². The first-order valence-corrected chi connectivity index (χ1v) is 13.0. The molecule has 0 aliphatic carbocycles. The number of methoxy groups -OCH3 is 3. The molecule has 1 N–H and O–H groups in total. The van der Waals surface area contributed by atoms with E-state index in [0.717, 1.165) is 16.1 Å². The third kappa shape index (κ3) is 7.61. The molecule has 0 heterocycles. The molecule has 0 unspecified atom stereocenters. The average molecular weight is 528 g/mol. The van der Waals surface area contributed by atoms with Crippen LogP contribution in [0.4, 0.5) is 5.69 Å². The minimum absolute atomic E-state index is 0.166. The molecule has 0 aliphatic heterocycles. The fourth-order valence-corrected chi connectivity index (χ4v) is 4.19. The van der Waals surface area contributed by atoms with Crippen LogP contribution in [-0.2, 0) is 21.4 Å². The lowest BCUT2D eigenvalue weighted by Gasteiger charge is -2.23. The molecule has 0 saturated heterocycles. The van der Waals surface area contributed by atoms with Crippen molar-refractivity contribution in [2.24, 2.45) is 5.10 Å². The van der Waals surface area contributed by atoms with E-state index in [9.17, 15) is 13.2 Å². The van der Waals surface area contributed by atoms with Gasteiger partial charge in [-0.15, -0.1) is 0 Å². The van der Waals surface area contributed by atoms with E-state index >= 15 is 0 Å². The number of nitrogens with zero attached hydrogens (tertiary/aromatic N) is 2. The number of carbonyl (C=O) groups is 1. The Bertz CT molecular complexity index is 1350. The highest BCUT2D eigenvalue weighted by molar-refractivity contribution is 7.92. The summed E-state index contributed by atoms with van der Waals surface area (Å²) in [4.78, 5) is 12.6. The SMILES string of the molecule is COc1ccc(OC)c(N(CC(=O)N/N=C\c2ccc(OCc3ccccc3)c(OC)c2)S(C)(=O)=O)c1. The number of amides is 1. The van der Waals surface area contributed by atoms with Gasteiger partial charge in [0, 0.05) is 6.07 Å². The molecule has 3 rings (SSSR count). The number of hydrogen-bond acceptors (Lipinski definition) is 8. The molecule has 11 heteroatoms. The summed E-state index contributed by atoms with van der Waals surface area (Å²) in [6.07, 6.45) is 2.41. The molecule has 0 radical (unpaired) electrons. The Morgan fingerprint density at radius 2 is 1.62 bits per heavy atom. The van der Waals surface area contributed by atoms with Crippen LogP contribution in [0.25, 0.3) is 0 Å². The van der Waals surface area contributed by atoms with Gasteiger partial charge in [0.2, 0.25) is 10.0 Å². The van der Waals surface area contributed by atoms with E-state index in [1.165, 1.54) is 33.6 Å². The number of carbonyl (C=O) groups excluding carboxylic acids is 1.